The first-order valence-corrected chi connectivity index (χ1v) is 10.3. The van der Waals surface area contributed by atoms with E-state index < -0.39 is 0 Å². The molecule has 0 atom stereocenters. The number of benzene rings is 2. The number of hydrogen-bond donors (Lipinski definition) is 0. The third-order valence-electron chi connectivity index (χ3n) is 5.34. The fourth-order valence-corrected chi connectivity index (χ4v) is 3.71. The van der Waals surface area contributed by atoms with E-state index in [1.807, 2.05) is 30.3 Å². The zero-order valence-electron chi connectivity index (χ0n) is 17.4. The van der Waals surface area contributed by atoms with Gasteiger partial charge in [-0.2, -0.15) is 5.10 Å². The maximum Gasteiger partial charge on any atom is 0.409 e. The van der Waals surface area contributed by atoms with Gasteiger partial charge in [-0.1, -0.05) is 48.5 Å². The van der Waals surface area contributed by atoms with Crippen LogP contribution in [0.4, 0.5) is 4.79 Å². The van der Waals surface area contributed by atoms with E-state index in [-0.39, 0.29) is 29.8 Å². The Morgan fingerprint density at radius 1 is 0.903 bits per heavy atom. The minimum atomic E-state index is -0.366. The third-order valence-corrected chi connectivity index (χ3v) is 5.34. The van der Waals surface area contributed by atoms with Gasteiger partial charge >= 0.3 is 6.09 Å². The molecular weight excluding hydrogens is 396 g/mol. The molecular formula is C23H24N4O4. The van der Waals surface area contributed by atoms with Gasteiger partial charge < -0.3 is 14.5 Å². The fraction of sp³-hybridized carbons (Fsp3) is 0.304. The monoisotopic (exact) mass is 420 g/mol. The second-order valence-corrected chi connectivity index (χ2v) is 7.32. The summed E-state index contributed by atoms with van der Waals surface area (Å²) in [5.74, 6) is -0.249. The number of amides is 2. The van der Waals surface area contributed by atoms with Crippen LogP contribution in [0.2, 0.25) is 0 Å². The number of carbonyl (C=O) groups is 2. The van der Waals surface area contributed by atoms with Gasteiger partial charge in [-0.25, -0.2) is 9.48 Å². The van der Waals surface area contributed by atoms with Crippen molar-refractivity contribution in [2.45, 2.75) is 13.5 Å². The number of nitrogens with zero attached hydrogens (tertiary/aromatic N) is 4. The second-order valence-electron chi connectivity index (χ2n) is 7.32. The number of carbonyl (C=O) groups excluding carboxylic acids is 2. The highest BCUT2D eigenvalue weighted by atomic mass is 16.6. The van der Waals surface area contributed by atoms with Gasteiger partial charge in [-0.05, 0) is 18.6 Å². The molecule has 0 N–H and O–H groups in total. The van der Waals surface area contributed by atoms with Crippen molar-refractivity contribution in [3.63, 3.8) is 0 Å². The van der Waals surface area contributed by atoms with Gasteiger partial charge in [0.25, 0.3) is 11.5 Å². The molecule has 1 aliphatic rings. The lowest BCUT2D eigenvalue weighted by Gasteiger charge is -2.34. The first-order valence-electron chi connectivity index (χ1n) is 10.3. The van der Waals surface area contributed by atoms with Gasteiger partial charge in [-0.3, -0.25) is 9.59 Å². The molecule has 2 heterocycles. The molecule has 1 fully saturated rings. The van der Waals surface area contributed by atoms with Crippen molar-refractivity contribution in [1.82, 2.24) is 19.6 Å². The van der Waals surface area contributed by atoms with Gasteiger partial charge in [0.05, 0.1) is 18.5 Å². The summed E-state index contributed by atoms with van der Waals surface area (Å²) in [5.41, 5.74) is 0.938. The molecule has 0 radical (unpaired) electrons. The largest absolute Gasteiger partial charge is 0.450 e. The van der Waals surface area contributed by atoms with Crippen LogP contribution >= 0.6 is 0 Å². The summed E-state index contributed by atoms with van der Waals surface area (Å²) in [4.78, 5) is 41.5. The second kappa shape index (κ2) is 8.99. The van der Waals surface area contributed by atoms with E-state index in [1.54, 1.807) is 41.0 Å². The molecule has 1 aromatic heterocycles. The molecule has 0 saturated carbocycles. The average Bonchev–Trinajstić information content (AvgIpc) is 2.81. The van der Waals surface area contributed by atoms with Crippen molar-refractivity contribution in [2.24, 2.45) is 0 Å². The normalized spacial score (nSPS) is 14.0. The van der Waals surface area contributed by atoms with Crippen molar-refractivity contribution in [2.75, 3.05) is 32.8 Å². The van der Waals surface area contributed by atoms with Gasteiger partial charge in [0, 0.05) is 31.6 Å². The Kier molecular flexibility index (Phi) is 5.97. The molecule has 0 spiro atoms. The summed E-state index contributed by atoms with van der Waals surface area (Å²) in [6.07, 6.45) is -0.366. The topological polar surface area (TPSA) is 84.7 Å². The van der Waals surface area contributed by atoms with E-state index in [4.69, 9.17) is 4.74 Å². The number of aromatic nitrogens is 2. The van der Waals surface area contributed by atoms with E-state index in [2.05, 4.69) is 5.10 Å². The molecule has 1 aliphatic heterocycles. The van der Waals surface area contributed by atoms with Crippen LogP contribution in [0.25, 0.3) is 10.8 Å². The molecule has 0 aliphatic carbocycles. The molecule has 3 aromatic rings. The van der Waals surface area contributed by atoms with E-state index in [0.717, 1.165) is 5.56 Å². The Morgan fingerprint density at radius 3 is 2.19 bits per heavy atom. The molecule has 4 rings (SSSR count). The minimum absolute atomic E-state index is 0.233. The average molecular weight is 420 g/mol. The summed E-state index contributed by atoms with van der Waals surface area (Å²) in [6.45, 7) is 3.91. The van der Waals surface area contributed by atoms with Crippen LogP contribution in [0.1, 0.15) is 23.0 Å². The maximum atomic E-state index is 13.3. The van der Waals surface area contributed by atoms with Crippen molar-refractivity contribution < 1.29 is 14.3 Å². The summed E-state index contributed by atoms with van der Waals surface area (Å²) in [6, 6.07) is 16.6. The lowest BCUT2D eigenvalue weighted by Crippen LogP contribution is -2.51. The molecule has 2 amide bonds. The van der Waals surface area contributed by atoms with Crippen LogP contribution in [0.3, 0.4) is 0 Å². The van der Waals surface area contributed by atoms with Crippen molar-refractivity contribution in [1.29, 1.82) is 0 Å². The number of ether oxygens (including phenoxy) is 1. The van der Waals surface area contributed by atoms with Crippen LogP contribution in [0.5, 0.6) is 0 Å². The van der Waals surface area contributed by atoms with Crippen molar-refractivity contribution in [3.8, 4) is 0 Å². The molecule has 0 unspecified atom stereocenters. The van der Waals surface area contributed by atoms with Crippen LogP contribution in [-0.2, 0) is 11.3 Å². The van der Waals surface area contributed by atoms with Crippen LogP contribution in [0, 0.1) is 0 Å². The molecule has 0 bridgehead atoms. The molecule has 31 heavy (non-hydrogen) atoms. The van der Waals surface area contributed by atoms with E-state index in [1.165, 1.54) is 4.68 Å². The standard InChI is InChI=1S/C23H24N4O4/c1-2-31-23(30)26-14-12-25(13-15-26)22(29)20-18-10-6-7-11-19(18)21(28)27(24-20)16-17-8-4-3-5-9-17/h3-11H,2,12-16H2,1H3. The first-order chi connectivity index (χ1) is 15.1. The highest BCUT2D eigenvalue weighted by Crippen LogP contribution is 2.17. The predicted molar refractivity (Wildman–Crippen MR) is 116 cm³/mol. The number of hydrogen-bond acceptors (Lipinski definition) is 5. The number of piperazine rings is 1. The van der Waals surface area contributed by atoms with E-state index in [0.29, 0.717) is 43.6 Å². The third kappa shape index (κ3) is 4.28. The highest BCUT2D eigenvalue weighted by molar-refractivity contribution is 6.04. The Bertz CT molecular complexity index is 1150. The SMILES string of the molecule is CCOC(=O)N1CCN(C(=O)c2nn(Cc3ccccc3)c(=O)c3ccccc23)CC1. The van der Waals surface area contributed by atoms with E-state index >= 15 is 0 Å². The number of rotatable bonds is 4. The van der Waals surface area contributed by atoms with Gasteiger partial charge in [0.2, 0.25) is 0 Å². The quantitative estimate of drug-likeness (QED) is 0.647. The van der Waals surface area contributed by atoms with Crippen molar-refractivity contribution >= 4 is 22.8 Å². The summed E-state index contributed by atoms with van der Waals surface area (Å²) in [5, 5.41) is 5.46. The van der Waals surface area contributed by atoms with Gasteiger partial charge in [-0.15, -0.1) is 0 Å². The lowest BCUT2D eigenvalue weighted by atomic mass is 10.1. The first kappa shape index (κ1) is 20.6. The maximum absolute atomic E-state index is 13.3. The molecule has 8 nitrogen and oxygen atoms in total. The minimum Gasteiger partial charge on any atom is -0.450 e. The van der Waals surface area contributed by atoms with E-state index in [9.17, 15) is 14.4 Å². The lowest BCUT2D eigenvalue weighted by molar-refractivity contribution is 0.0565. The highest BCUT2D eigenvalue weighted by Gasteiger charge is 2.28. The van der Waals surface area contributed by atoms with Crippen LogP contribution < -0.4 is 5.56 Å². The summed E-state index contributed by atoms with van der Waals surface area (Å²) < 4.78 is 6.38. The fourth-order valence-electron chi connectivity index (χ4n) is 3.71. The summed E-state index contributed by atoms with van der Waals surface area (Å²) >= 11 is 0. The smallest absolute Gasteiger partial charge is 0.409 e. The molecule has 2 aromatic carbocycles. The summed E-state index contributed by atoms with van der Waals surface area (Å²) in [7, 11) is 0. The van der Waals surface area contributed by atoms with Crippen LogP contribution in [-0.4, -0.2) is 64.4 Å². The van der Waals surface area contributed by atoms with Gasteiger partial charge in [0.1, 0.15) is 0 Å². The Balaban J connectivity index is 1.64. The molecule has 8 heteroatoms. The zero-order chi connectivity index (χ0) is 21.8. The Labute approximate surface area is 179 Å². The Morgan fingerprint density at radius 2 is 1.52 bits per heavy atom. The predicted octanol–water partition coefficient (Wildman–Crippen LogP) is 2.36. The van der Waals surface area contributed by atoms with Gasteiger partial charge in [0.15, 0.2) is 5.69 Å². The zero-order valence-corrected chi connectivity index (χ0v) is 17.4. The Hall–Kier alpha value is -3.68. The van der Waals surface area contributed by atoms with Crippen LogP contribution in [0.15, 0.2) is 59.4 Å². The number of fused-ring (bicyclic) bond motifs is 1. The molecule has 1 saturated heterocycles. The van der Waals surface area contributed by atoms with Crippen molar-refractivity contribution in [3.05, 3.63) is 76.2 Å². The molecule has 160 valence electrons.